The first-order chi connectivity index (χ1) is 13.2. The topological polar surface area (TPSA) is 172 Å². The van der Waals surface area contributed by atoms with Gasteiger partial charge in [-0.25, -0.2) is 0 Å². The summed E-state index contributed by atoms with van der Waals surface area (Å²) < 4.78 is 0. The molecule has 4 N–H and O–H groups in total. The van der Waals surface area contributed by atoms with E-state index in [1.807, 2.05) is 0 Å². The van der Waals surface area contributed by atoms with Crippen molar-refractivity contribution in [3.05, 3.63) is 79.9 Å². The first kappa shape index (κ1) is 20.8. The number of nitrogens with zero attached hydrogens (tertiary/aromatic N) is 2. The Kier molecular flexibility index (Phi) is 6.29. The molecule has 0 aliphatic rings. The van der Waals surface area contributed by atoms with Crippen LogP contribution in [-0.4, -0.2) is 33.5 Å². The SMILES string of the molecule is NCCCC(N)(C(=O)c1ccc([N+](=O)[O-])cc1)C(=O)c1ccc([N+](=O)[O-])cc1. The van der Waals surface area contributed by atoms with E-state index < -0.39 is 27.0 Å². The third kappa shape index (κ3) is 4.24. The van der Waals surface area contributed by atoms with Gasteiger partial charge in [-0.05, 0) is 43.7 Å². The van der Waals surface area contributed by atoms with Crippen LogP contribution in [0.1, 0.15) is 33.6 Å². The molecule has 0 unspecified atom stereocenters. The van der Waals surface area contributed by atoms with Crippen molar-refractivity contribution >= 4 is 22.9 Å². The van der Waals surface area contributed by atoms with Gasteiger partial charge >= 0.3 is 0 Å². The summed E-state index contributed by atoms with van der Waals surface area (Å²) in [7, 11) is 0. The standard InChI is InChI=1S/C18H18N4O6/c19-11-1-10-18(20,16(23)12-2-6-14(7-3-12)21(25)26)17(24)13-4-8-15(9-5-13)22(27)28/h2-9H,1,10-11,19-20H2. The van der Waals surface area contributed by atoms with Crippen LogP contribution in [0.5, 0.6) is 0 Å². The predicted molar refractivity (Wildman–Crippen MR) is 100 cm³/mol. The van der Waals surface area contributed by atoms with E-state index in [9.17, 15) is 29.8 Å². The normalized spacial score (nSPS) is 11.1. The maximum absolute atomic E-state index is 13.0. The van der Waals surface area contributed by atoms with Crippen LogP contribution in [0.25, 0.3) is 0 Å². The van der Waals surface area contributed by atoms with Gasteiger partial charge in [0.15, 0.2) is 11.6 Å². The minimum absolute atomic E-state index is 0.0420. The van der Waals surface area contributed by atoms with Crippen LogP contribution in [-0.2, 0) is 0 Å². The van der Waals surface area contributed by atoms with Gasteiger partial charge < -0.3 is 11.5 Å². The summed E-state index contributed by atoms with van der Waals surface area (Å²) in [6.45, 7) is 0.194. The Hall–Kier alpha value is -3.50. The second-order valence-electron chi connectivity index (χ2n) is 6.13. The molecule has 0 spiro atoms. The second kappa shape index (κ2) is 8.46. The molecule has 2 aromatic carbocycles. The van der Waals surface area contributed by atoms with Crippen molar-refractivity contribution in [1.82, 2.24) is 0 Å². The molecule has 0 heterocycles. The summed E-state index contributed by atoms with van der Waals surface area (Å²) in [5.41, 5.74) is 9.42. The number of rotatable bonds is 9. The van der Waals surface area contributed by atoms with Crippen LogP contribution in [0, 0.1) is 20.2 Å². The molecule has 0 amide bonds. The minimum atomic E-state index is -1.95. The highest BCUT2D eigenvalue weighted by molar-refractivity contribution is 6.23. The van der Waals surface area contributed by atoms with E-state index in [0.717, 1.165) is 24.3 Å². The van der Waals surface area contributed by atoms with E-state index in [1.165, 1.54) is 24.3 Å². The number of ketones is 2. The Morgan fingerprint density at radius 1 is 0.821 bits per heavy atom. The molecule has 0 bridgehead atoms. The largest absolute Gasteiger partial charge is 0.330 e. The van der Waals surface area contributed by atoms with Gasteiger partial charge in [0, 0.05) is 35.4 Å². The van der Waals surface area contributed by atoms with Gasteiger partial charge in [-0.1, -0.05) is 0 Å². The number of hydrogen-bond donors (Lipinski definition) is 2. The van der Waals surface area contributed by atoms with Gasteiger partial charge in [-0.15, -0.1) is 0 Å². The Labute approximate surface area is 159 Å². The van der Waals surface area contributed by atoms with Crippen molar-refractivity contribution in [3.63, 3.8) is 0 Å². The molecule has 0 radical (unpaired) electrons. The van der Waals surface area contributed by atoms with Crippen LogP contribution in [0.3, 0.4) is 0 Å². The molecule has 10 heteroatoms. The van der Waals surface area contributed by atoms with Gasteiger partial charge in [-0.3, -0.25) is 29.8 Å². The zero-order chi connectivity index (χ0) is 20.9. The number of Topliss-reactive ketones (excluding diaryl/α,β-unsaturated/α-hetero) is 2. The lowest BCUT2D eigenvalue weighted by Crippen LogP contribution is -2.55. The number of benzene rings is 2. The zero-order valence-electron chi connectivity index (χ0n) is 14.7. The molecular formula is C18H18N4O6. The molecule has 0 aliphatic carbocycles. The second-order valence-corrected chi connectivity index (χ2v) is 6.13. The average molecular weight is 386 g/mol. The van der Waals surface area contributed by atoms with Crippen molar-refractivity contribution in [2.24, 2.45) is 11.5 Å². The highest BCUT2D eigenvalue weighted by Gasteiger charge is 2.42. The fourth-order valence-electron chi connectivity index (χ4n) is 2.70. The molecule has 0 fully saturated rings. The van der Waals surface area contributed by atoms with Crippen molar-refractivity contribution in [2.75, 3.05) is 6.54 Å². The monoisotopic (exact) mass is 386 g/mol. The molecule has 2 aromatic rings. The summed E-state index contributed by atoms with van der Waals surface area (Å²) >= 11 is 0. The Balaban J connectivity index is 2.40. The van der Waals surface area contributed by atoms with Gasteiger partial charge in [0.2, 0.25) is 0 Å². The van der Waals surface area contributed by atoms with E-state index in [0.29, 0.717) is 0 Å². The molecule has 28 heavy (non-hydrogen) atoms. The average Bonchev–Trinajstić information content (AvgIpc) is 2.71. The summed E-state index contributed by atoms with van der Waals surface area (Å²) in [6.07, 6.45) is 0.239. The molecule has 0 saturated heterocycles. The quantitative estimate of drug-likeness (QED) is 0.285. The summed E-state index contributed by atoms with van der Waals surface area (Å²) in [5.74, 6) is -1.42. The van der Waals surface area contributed by atoms with Gasteiger partial charge in [0.05, 0.1) is 9.85 Å². The van der Waals surface area contributed by atoms with E-state index >= 15 is 0 Å². The number of carbonyl (C=O) groups is 2. The van der Waals surface area contributed by atoms with Crippen LogP contribution >= 0.6 is 0 Å². The van der Waals surface area contributed by atoms with Crippen molar-refractivity contribution < 1.29 is 19.4 Å². The Morgan fingerprint density at radius 2 is 1.18 bits per heavy atom. The lowest BCUT2D eigenvalue weighted by Gasteiger charge is -2.26. The van der Waals surface area contributed by atoms with Crippen LogP contribution in [0.2, 0.25) is 0 Å². The Bertz CT molecular complexity index is 839. The van der Waals surface area contributed by atoms with Crippen LogP contribution < -0.4 is 11.5 Å². The molecule has 0 atom stereocenters. The van der Waals surface area contributed by atoms with E-state index in [1.54, 1.807) is 0 Å². The van der Waals surface area contributed by atoms with E-state index in [4.69, 9.17) is 11.5 Å². The molecule has 0 aliphatic heterocycles. The first-order valence-corrected chi connectivity index (χ1v) is 8.28. The molecular weight excluding hydrogens is 368 g/mol. The number of non-ortho nitro benzene ring substituents is 2. The lowest BCUT2D eigenvalue weighted by molar-refractivity contribution is -0.385. The third-order valence-corrected chi connectivity index (χ3v) is 4.27. The minimum Gasteiger partial charge on any atom is -0.330 e. The van der Waals surface area contributed by atoms with Gasteiger partial charge in [-0.2, -0.15) is 0 Å². The molecule has 0 aromatic heterocycles. The number of nitro groups is 2. The summed E-state index contributed by atoms with van der Waals surface area (Å²) in [4.78, 5) is 46.3. The van der Waals surface area contributed by atoms with Crippen LogP contribution in [0.15, 0.2) is 48.5 Å². The molecule has 0 saturated carbocycles. The Morgan fingerprint density at radius 3 is 1.46 bits per heavy atom. The van der Waals surface area contributed by atoms with Gasteiger partial charge in [0.1, 0.15) is 5.54 Å². The number of carbonyl (C=O) groups excluding carboxylic acids is 2. The first-order valence-electron chi connectivity index (χ1n) is 8.28. The highest BCUT2D eigenvalue weighted by atomic mass is 16.6. The van der Waals surface area contributed by atoms with E-state index in [2.05, 4.69) is 0 Å². The van der Waals surface area contributed by atoms with Crippen LogP contribution in [0.4, 0.5) is 11.4 Å². The smallest absolute Gasteiger partial charge is 0.269 e. The number of hydrogen-bond acceptors (Lipinski definition) is 8. The van der Waals surface area contributed by atoms with E-state index in [-0.39, 0.29) is 41.9 Å². The third-order valence-electron chi connectivity index (χ3n) is 4.27. The predicted octanol–water partition coefficient (Wildman–Crippen LogP) is 2.01. The molecule has 146 valence electrons. The maximum atomic E-state index is 13.0. The van der Waals surface area contributed by atoms with Crippen molar-refractivity contribution in [1.29, 1.82) is 0 Å². The summed E-state index contributed by atoms with van der Waals surface area (Å²) in [5, 5.41) is 21.5. The number of nitro benzene ring substituents is 2. The number of nitrogens with two attached hydrogens (primary N) is 2. The van der Waals surface area contributed by atoms with Crippen molar-refractivity contribution in [3.8, 4) is 0 Å². The van der Waals surface area contributed by atoms with Crippen molar-refractivity contribution in [2.45, 2.75) is 18.4 Å². The maximum Gasteiger partial charge on any atom is 0.269 e. The lowest BCUT2D eigenvalue weighted by atomic mass is 9.79. The summed E-state index contributed by atoms with van der Waals surface area (Å²) in [6, 6.07) is 9.50. The van der Waals surface area contributed by atoms with Gasteiger partial charge in [0.25, 0.3) is 11.4 Å². The molecule has 2 rings (SSSR count). The zero-order valence-corrected chi connectivity index (χ0v) is 14.7. The highest BCUT2D eigenvalue weighted by Crippen LogP contribution is 2.24. The fourth-order valence-corrected chi connectivity index (χ4v) is 2.70. The fraction of sp³-hybridized carbons (Fsp3) is 0.222. The molecule has 10 nitrogen and oxygen atoms in total.